The van der Waals surface area contributed by atoms with Gasteiger partial charge in [-0.2, -0.15) is 0 Å². The monoisotopic (exact) mass is 423 g/mol. The maximum Gasteiger partial charge on any atom is 0.573 e. The molecule has 0 spiro atoms. The van der Waals surface area contributed by atoms with E-state index in [0.29, 0.717) is 16.5 Å². The molecular formula is C20H17F4N3O3. The van der Waals surface area contributed by atoms with Gasteiger partial charge in [-0.3, -0.25) is 9.59 Å². The average Bonchev–Trinajstić information content (AvgIpc) is 3.07. The number of rotatable bonds is 7. The van der Waals surface area contributed by atoms with Crippen molar-refractivity contribution in [1.82, 2.24) is 15.6 Å². The number of hydrogen-bond acceptors (Lipinski definition) is 3. The molecule has 6 nitrogen and oxygen atoms in total. The average molecular weight is 423 g/mol. The number of carbonyl (C=O) groups excluding carboxylic acids is 2. The van der Waals surface area contributed by atoms with Crippen LogP contribution >= 0.6 is 0 Å². The lowest BCUT2D eigenvalue weighted by molar-refractivity contribution is -0.274. The topological polar surface area (TPSA) is 83.2 Å². The maximum atomic E-state index is 13.1. The summed E-state index contributed by atoms with van der Waals surface area (Å²) in [5.74, 6) is -1.63. The van der Waals surface area contributed by atoms with Crippen LogP contribution in [0.15, 0.2) is 48.5 Å². The van der Waals surface area contributed by atoms with Gasteiger partial charge in [-0.05, 0) is 35.9 Å². The minimum atomic E-state index is -4.81. The summed E-state index contributed by atoms with van der Waals surface area (Å²) >= 11 is 0. The van der Waals surface area contributed by atoms with Crippen LogP contribution in [0, 0.1) is 5.82 Å². The highest BCUT2D eigenvalue weighted by atomic mass is 19.4. The minimum Gasteiger partial charge on any atom is -0.406 e. The van der Waals surface area contributed by atoms with Gasteiger partial charge in [0.1, 0.15) is 17.3 Å². The third-order valence-electron chi connectivity index (χ3n) is 4.06. The summed E-state index contributed by atoms with van der Waals surface area (Å²) < 4.78 is 53.9. The van der Waals surface area contributed by atoms with Crippen LogP contribution in [-0.2, 0) is 11.2 Å². The minimum absolute atomic E-state index is 0.00997. The van der Waals surface area contributed by atoms with E-state index in [0.717, 1.165) is 12.1 Å². The van der Waals surface area contributed by atoms with Crippen LogP contribution in [0.4, 0.5) is 17.6 Å². The fourth-order valence-electron chi connectivity index (χ4n) is 2.79. The fourth-order valence-corrected chi connectivity index (χ4v) is 2.79. The Kier molecular flexibility index (Phi) is 6.24. The van der Waals surface area contributed by atoms with Crippen LogP contribution in [0.1, 0.15) is 16.1 Å². The van der Waals surface area contributed by atoms with Crippen LogP contribution < -0.4 is 15.4 Å². The van der Waals surface area contributed by atoms with Crippen molar-refractivity contribution in [1.29, 1.82) is 0 Å². The van der Waals surface area contributed by atoms with Crippen LogP contribution in [0.2, 0.25) is 0 Å². The van der Waals surface area contributed by atoms with Gasteiger partial charge < -0.3 is 20.4 Å². The zero-order valence-corrected chi connectivity index (χ0v) is 15.5. The van der Waals surface area contributed by atoms with Crippen molar-refractivity contribution in [2.45, 2.75) is 12.8 Å². The molecule has 0 aliphatic rings. The van der Waals surface area contributed by atoms with Gasteiger partial charge in [-0.1, -0.05) is 12.1 Å². The number of aromatic nitrogens is 1. The molecule has 0 unspecified atom stereocenters. The Labute approximate surface area is 168 Å². The van der Waals surface area contributed by atoms with Crippen molar-refractivity contribution >= 4 is 22.7 Å². The lowest BCUT2D eigenvalue weighted by atomic mass is 10.1. The number of amides is 2. The highest BCUT2D eigenvalue weighted by molar-refractivity contribution is 5.98. The molecule has 0 aliphatic carbocycles. The highest BCUT2D eigenvalue weighted by Crippen LogP contribution is 2.26. The van der Waals surface area contributed by atoms with Crippen LogP contribution in [0.5, 0.6) is 5.75 Å². The van der Waals surface area contributed by atoms with Crippen molar-refractivity contribution in [3.05, 3.63) is 65.6 Å². The summed E-state index contributed by atoms with van der Waals surface area (Å²) in [6.07, 6.45) is -4.80. The Bertz CT molecular complexity index is 1060. The number of aromatic amines is 1. The van der Waals surface area contributed by atoms with E-state index in [1.807, 2.05) is 0 Å². The van der Waals surface area contributed by atoms with Gasteiger partial charge in [-0.25, -0.2) is 4.39 Å². The molecular weight excluding hydrogens is 406 g/mol. The molecule has 0 aliphatic heterocycles. The number of nitrogens with one attached hydrogen (secondary N) is 3. The molecule has 0 radical (unpaired) electrons. The van der Waals surface area contributed by atoms with Crippen molar-refractivity contribution in [3.8, 4) is 5.75 Å². The summed E-state index contributed by atoms with van der Waals surface area (Å²) in [5.41, 5.74) is 0.994. The summed E-state index contributed by atoms with van der Waals surface area (Å²) in [4.78, 5) is 26.8. The van der Waals surface area contributed by atoms with Crippen LogP contribution in [-0.4, -0.2) is 36.3 Å². The first kappa shape index (κ1) is 21.2. The summed E-state index contributed by atoms with van der Waals surface area (Å²) in [5, 5.41) is 5.73. The molecule has 2 aromatic carbocycles. The van der Waals surface area contributed by atoms with Crippen molar-refractivity contribution in [3.63, 3.8) is 0 Å². The predicted molar refractivity (Wildman–Crippen MR) is 100 cm³/mol. The number of H-pyrrole nitrogens is 1. The lowest BCUT2D eigenvalue weighted by Crippen LogP contribution is -2.35. The number of halogens is 4. The van der Waals surface area contributed by atoms with Gasteiger partial charge in [0.05, 0.1) is 6.42 Å². The lowest BCUT2D eigenvalue weighted by Gasteiger charge is -2.08. The van der Waals surface area contributed by atoms with E-state index in [-0.39, 0.29) is 31.1 Å². The van der Waals surface area contributed by atoms with Gasteiger partial charge in [-0.15, -0.1) is 13.2 Å². The first-order valence-corrected chi connectivity index (χ1v) is 8.87. The SMILES string of the molecule is O=C(Cc1cccc(F)c1)NCCNC(=O)c1cc2ccc(OC(F)(F)F)cc2[nH]1. The molecule has 1 aromatic heterocycles. The van der Waals surface area contributed by atoms with E-state index in [1.54, 1.807) is 6.07 Å². The molecule has 0 saturated heterocycles. The third kappa shape index (κ3) is 5.97. The maximum absolute atomic E-state index is 13.1. The Balaban J connectivity index is 1.48. The van der Waals surface area contributed by atoms with Gasteiger partial charge in [0.2, 0.25) is 5.91 Å². The van der Waals surface area contributed by atoms with Crippen molar-refractivity contribution < 1.29 is 31.9 Å². The number of hydrogen-bond donors (Lipinski definition) is 3. The van der Waals surface area contributed by atoms with Crippen LogP contribution in [0.3, 0.4) is 0 Å². The summed E-state index contributed by atoms with van der Waals surface area (Å²) in [6, 6.07) is 10.9. The number of alkyl halides is 3. The van der Waals surface area contributed by atoms with Crippen molar-refractivity contribution in [2.24, 2.45) is 0 Å². The Morgan fingerprint density at radius 3 is 2.50 bits per heavy atom. The second-order valence-corrected chi connectivity index (χ2v) is 6.39. The Morgan fingerprint density at radius 2 is 1.77 bits per heavy atom. The molecule has 0 fully saturated rings. The van der Waals surface area contributed by atoms with E-state index in [1.165, 1.54) is 30.3 Å². The first-order chi connectivity index (χ1) is 14.2. The van der Waals surface area contributed by atoms with Gasteiger partial charge in [0, 0.05) is 30.1 Å². The zero-order chi connectivity index (χ0) is 21.7. The predicted octanol–water partition coefficient (Wildman–Crippen LogP) is 3.29. The molecule has 3 N–H and O–H groups in total. The zero-order valence-electron chi connectivity index (χ0n) is 15.5. The summed E-state index contributed by atoms with van der Waals surface area (Å²) in [6.45, 7) is 0.287. The molecule has 158 valence electrons. The molecule has 2 amide bonds. The molecule has 10 heteroatoms. The summed E-state index contributed by atoms with van der Waals surface area (Å²) in [7, 11) is 0. The first-order valence-electron chi connectivity index (χ1n) is 8.87. The molecule has 30 heavy (non-hydrogen) atoms. The fraction of sp³-hybridized carbons (Fsp3) is 0.200. The van der Waals surface area contributed by atoms with Gasteiger partial charge >= 0.3 is 6.36 Å². The molecule has 3 rings (SSSR count). The highest BCUT2D eigenvalue weighted by Gasteiger charge is 2.31. The number of carbonyl (C=O) groups is 2. The second-order valence-electron chi connectivity index (χ2n) is 6.39. The normalized spacial score (nSPS) is 11.3. The number of benzene rings is 2. The molecule has 0 bridgehead atoms. The Morgan fingerprint density at radius 1 is 1.00 bits per heavy atom. The van der Waals surface area contributed by atoms with E-state index >= 15 is 0 Å². The van der Waals surface area contributed by atoms with E-state index < -0.39 is 23.8 Å². The standard InChI is InChI=1S/C20H17F4N3O3/c21-14-3-1-2-12(8-14)9-18(28)25-6-7-26-19(29)17-10-13-4-5-15(11-16(13)27-17)30-20(22,23)24/h1-5,8,10-11,27H,6-7,9H2,(H,25,28)(H,26,29). The van der Waals surface area contributed by atoms with Crippen LogP contribution in [0.25, 0.3) is 10.9 Å². The molecule has 0 saturated carbocycles. The quantitative estimate of drug-likeness (QED) is 0.403. The number of ether oxygens (including phenoxy) is 1. The Hall–Kier alpha value is -3.56. The number of fused-ring (bicyclic) bond motifs is 1. The second kappa shape index (κ2) is 8.85. The van der Waals surface area contributed by atoms with E-state index in [4.69, 9.17) is 0 Å². The third-order valence-corrected chi connectivity index (χ3v) is 4.06. The van der Waals surface area contributed by atoms with Gasteiger partial charge in [0.15, 0.2) is 0 Å². The largest absolute Gasteiger partial charge is 0.573 e. The van der Waals surface area contributed by atoms with Crippen molar-refractivity contribution in [2.75, 3.05) is 13.1 Å². The smallest absolute Gasteiger partial charge is 0.406 e. The van der Waals surface area contributed by atoms with Gasteiger partial charge in [0.25, 0.3) is 5.91 Å². The van der Waals surface area contributed by atoms with E-state index in [2.05, 4.69) is 20.4 Å². The molecule has 1 heterocycles. The van der Waals surface area contributed by atoms with E-state index in [9.17, 15) is 27.2 Å². The molecule has 3 aromatic rings. The molecule has 0 atom stereocenters.